The fourth-order valence-electron chi connectivity index (χ4n) is 1.21. The van der Waals surface area contributed by atoms with Gasteiger partial charge in [0.1, 0.15) is 4.34 Å². The van der Waals surface area contributed by atoms with E-state index in [0.717, 1.165) is 10.1 Å². The average Bonchev–Trinajstić information content (AvgIpc) is 2.71. The SMILES string of the molecule is N#CCC1(CSc2nccs2)CC1. The zero-order chi connectivity index (χ0) is 9.15. The normalized spacial score (nSPS) is 18.1. The number of nitriles is 1. The first-order chi connectivity index (χ1) is 6.35. The smallest absolute Gasteiger partial charge is 0.149 e. The van der Waals surface area contributed by atoms with Crippen LogP contribution in [0.1, 0.15) is 19.3 Å². The van der Waals surface area contributed by atoms with Gasteiger partial charge in [0, 0.05) is 23.8 Å². The molecule has 0 N–H and O–H groups in total. The molecule has 1 fully saturated rings. The van der Waals surface area contributed by atoms with Crippen molar-refractivity contribution in [1.29, 1.82) is 5.26 Å². The van der Waals surface area contributed by atoms with Gasteiger partial charge in [0.05, 0.1) is 6.07 Å². The minimum Gasteiger partial charge on any atom is -0.238 e. The van der Waals surface area contributed by atoms with Crippen LogP contribution in [0.25, 0.3) is 0 Å². The van der Waals surface area contributed by atoms with Gasteiger partial charge in [-0.15, -0.1) is 11.3 Å². The molecule has 1 saturated carbocycles. The summed E-state index contributed by atoms with van der Waals surface area (Å²) in [5, 5.41) is 10.6. The summed E-state index contributed by atoms with van der Waals surface area (Å²) < 4.78 is 1.13. The third-order valence-corrected chi connectivity index (χ3v) is 4.64. The predicted octanol–water partition coefficient (Wildman–Crippen LogP) is 2.93. The molecule has 0 aliphatic heterocycles. The minimum atomic E-state index is 0.338. The van der Waals surface area contributed by atoms with Gasteiger partial charge >= 0.3 is 0 Å². The number of thiazole rings is 1. The standard InChI is InChI=1S/C9H10N2S2/c10-4-3-9(1-2-9)7-13-8-11-5-6-12-8/h5-6H,1-3,7H2. The van der Waals surface area contributed by atoms with Crippen LogP contribution in [-0.2, 0) is 0 Å². The molecule has 13 heavy (non-hydrogen) atoms. The Labute approximate surface area is 86.0 Å². The molecular weight excluding hydrogens is 200 g/mol. The minimum absolute atomic E-state index is 0.338. The zero-order valence-corrected chi connectivity index (χ0v) is 8.83. The van der Waals surface area contributed by atoms with Gasteiger partial charge < -0.3 is 0 Å². The lowest BCUT2D eigenvalue weighted by Crippen LogP contribution is -2.01. The van der Waals surface area contributed by atoms with E-state index in [2.05, 4.69) is 11.1 Å². The fourth-order valence-corrected chi connectivity index (χ4v) is 3.14. The highest BCUT2D eigenvalue weighted by molar-refractivity contribution is 8.01. The van der Waals surface area contributed by atoms with Gasteiger partial charge in [0.2, 0.25) is 0 Å². The van der Waals surface area contributed by atoms with E-state index in [1.807, 2.05) is 11.6 Å². The number of thioether (sulfide) groups is 1. The van der Waals surface area contributed by atoms with Crippen LogP contribution in [0.3, 0.4) is 0 Å². The number of rotatable bonds is 4. The first-order valence-corrected chi connectivity index (χ1v) is 6.10. The van der Waals surface area contributed by atoms with Gasteiger partial charge in [0.15, 0.2) is 0 Å². The van der Waals surface area contributed by atoms with E-state index in [1.54, 1.807) is 23.1 Å². The Morgan fingerprint density at radius 3 is 3.08 bits per heavy atom. The molecule has 1 aromatic heterocycles. The van der Waals surface area contributed by atoms with Crippen molar-refractivity contribution in [3.8, 4) is 6.07 Å². The van der Waals surface area contributed by atoms with Crippen LogP contribution in [0.2, 0.25) is 0 Å². The van der Waals surface area contributed by atoms with Crippen molar-refractivity contribution in [2.45, 2.75) is 23.6 Å². The monoisotopic (exact) mass is 210 g/mol. The van der Waals surface area contributed by atoms with Crippen molar-refractivity contribution in [3.05, 3.63) is 11.6 Å². The summed E-state index contributed by atoms with van der Waals surface area (Å²) in [5.74, 6) is 1.06. The summed E-state index contributed by atoms with van der Waals surface area (Å²) in [6.45, 7) is 0. The average molecular weight is 210 g/mol. The molecule has 68 valence electrons. The predicted molar refractivity (Wildman–Crippen MR) is 54.7 cm³/mol. The Hall–Kier alpha value is -0.530. The Kier molecular flexibility index (Phi) is 2.56. The summed E-state index contributed by atoms with van der Waals surface area (Å²) >= 11 is 3.47. The van der Waals surface area contributed by atoms with Gasteiger partial charge in [-0.05, 0) is 18.3 Å². The molecule has 0 radical (unpaired) electrons. The molecule has 1 aliphatic carbocycles. The molecule has 0 atom stereocenters. The third-order valence-electron chi connectivity index (χ3n) is 2.32. The van der Waals surface area contributed by atoms with E-state index in [1.165, 1.54) is 12.8 Å². The van der Waals surface area contributed by atoms with E-state index >= 15 is 0 Å². The lowest BCUT2D eigenvalue weighted by molar-refractivity contribution is 0.604. The van der Waals surface area contributed by atoms with Gasteiger partial charge in [0.25, 0.3) is 0 Å². The van der Waals surface area contributed by atoms with Crippen molar-refractivity contribution in [1.82, 2.24) is 4.98 Å². The summed E-state index contributed by atoms with van der Waals surface area (Å²) in [4.78, 5) is 4.21. The second kappa shape index (κ2) is 3.69. The second-order valence-corrected chi connectivity index (χ2v) is 5.54. The van der Waals surface area contributed by atoms with Crippen molar-refractivity contribution < 1.29 is 0 Å². The van der Waals surface area contributed by atoms with Crippen LogP contribution in [-0.4, -0.2) is 10.7 Å². The summed E-state index contributed by atoms with van der Waals surface area (Å²) in [7, 11) is 0. The lowest BCUT2D eigenvalue weighted by atomic mass is 10.1. The first kappa shape index (κ1) is 9.04. The van der Waals surface area contributed by atoms with Crippen molar-refractivity contribution in [2.24, 2.45) is 5.41 Å². The highest BCUT2D eigenvalue weighted by atomic mass is 32.2. The molecule has 0 amide bonds. The fraction of sp³-hybridized carbons (Fsp3) is 0.556. The molecule has 2 nitrogen and oxygen atoms in total. The van der Waals surface area contributed by atoms with Crippen LogP contribution in [0, 0.1) is 16.7 Å². The molecule has 2 rings (SSSR count). The molecular formula is C9H10N2S2. The van der Waals surface area contributed by atoms with Crippen LogP contribution in [0.4, 0.5) is 0 Å². The van der Waals surface area contributed by atoms with Gasteiger partial charge in [-0.25, -0.2) is 4.98 Å². The molecule has 1 heterocycles. The van der Waals surface area contributed by atoms with Gasteiger partial charge in [-0.2, -0.15) is 5.26 Å². The maximum absolute atomic E-state index is 8.63. The number of aromatic nitrogens is 1. The second-order valence-electron chi connectivity index (χ2n) is 3.42. The maximum Gasteiger partial charge on any atom is 0.149 e. The van der Waals surface area contributed by atoms with E-state index in [9.17, 15) is 0 Å². The Morgan fingerprint density at radius 2 is 2.54 bits per heavy atom. The number of nitrogens with zero attached hydrogens (tertiary/aromatic N) is 2. The quantitative estimate of drug-likeness (QED) is 0.717. The van der Waals surface area contributed by atoms with Crippen LogP contribution < -0.4 is 0 Å². The molecule has 0 aromatic carbocycles. The van der Waals surface area contributed by atoms with Crippen molar-refractivity contribution in [3.63, 3.8) is 0 Å². The Bertz CT molecular complexity index is 309. The number of hydrogen-bond acceptors (Lipinski definition) is 4. The van der Waals surface area contributed by atoms with Crippen LogP contribution >= 0.6 is 23.1 Å². The van der Waals surface area contributed by atoms with Crippen LogP contribution in [0.5, 0.6) is 0 Å². The van der Waals surface area contributed by atoms with E-state index < -0.39 is 0 Å². The molecule has 1 aliphatic rings. The van der Waals surface area contributed by atoms with Crippen molar-refractivity contribution >= 4 is 23.1 Å². The largest absolute Gasteiger partial charge is 0.238 e. The summed E-state index contributed by atoms with van der Waals surface area (Å²) in [6, 6.07) is 2.27. The topological polar surface area (TPSA) is 36.7 Å². The maximum atomic E-state index is 8.63. The van der Waals surface area contributed by atoms with E-state index in [-0.39, 0.29) is 0 Å². The first-order valence-electron chi connectivity index (χ1n) is 4.24. The molecule has 0 spiro atoms. The highest BCUT2D eigenvalue weighted by Crippen LogP contribution is 2.51. The number of hydrogen-bond donors (Lipinski definition) is 0. The van der Waals surface area contributed by atoms with Crippen LogP contribution in [0.15, 0.2) is 15.9 Å². The summed E-state index contributed by atoms with van der Waals surface area (Å²) in [6.07, 6.45) is 4.99. The Morgan fingerprint density at radius 1 is 1.69 bits per heavy atom. The van der Waals surface area contributed by atoms with E-state index in [4.69, 9.17) is 5.26 Å². The molecule has 0 unspecified atom stereocenters. The molecule has 1 aromatic rings. The molecule has 0 saturated heterocycles. The van der Waals surface area contributed by atoms with E-state index in [0.29, 0.717) is 11.8 Å². The van der Waals surface area contributed by atoms with Gasteiger partial charge in [-0.1, -0.05) is 11.8 Å². The molecule has 0 bridgehead atoms. The van der Waals surface area contributed by atoms with Gasteiger partial charge in [-0.3, -0.25) is 0 Å². The third kappa shape index (κ3) is 2.23. The zero-order valence-electron chi connectivity index (χ0n) is 7.19. The summed E-state index contributed by atoms with van der Waals surface area (Å²) in [5.41, 5.74) is 0.338. The Balaban J connectivity index is 1.83. The molecule has 4 heteroatoms. The lowest BCUT2D eigenvalue weighted by Gasteiger charge is -2.07. The van der Waals surface area contributed by atoms with Crippen molar-refractivity contribution in [2.75, 3.05) is 5.75 Å². The highest BCUT2D eigenvalue weighted by Gasteiger charge is 2.42.